The zero-order valence-electron chi connectivity index (χ0n) is 13.5. The van der Waals surface area contributed by atoms with E-state index in [1.807, 2.05) is 36.4 Å². The van der Waals surface area contributed by atoms with E-state index in [9.17, 15) is 4.79 Å². The number of amides is 1. The molecule has 0 saturated carbocycles. The Balaban J connectivity index is 1.49. The van der Waals surface area contributed by atoms with Crippen molar-refractivity contribution in [3.63, 3.8) is 0 Å². The summed E-state index contributed by atoms with van der Waals surface area (Å²) in [7, 11) is 0. The smallest absolute Gasteiger partial charge is 0.258 e. The number of pyridine rings is 2. The maximum absolute atomic E-state index is 11.9. The van der Waals surface area contributed by atoms with E-state index in [1.165, 1.54) is 0 Å². The summed E-state index contributed by atoms with van der Waals surface area (Å²) in [5, 5.41) is 2.80. The van der Waals surface area contributed by atoms with Crippen LogP contribution in [0.3, 0.4) is 0 Å². The molecule has 0 radical (unpaired) electrons. The van der Waals surface area contributed by atoms with Crippen LogP contribution in [0.1, 0.15) is 5.56 Å². The van der Waals surface area contributed by atoms with Gasteiger partial charge in [-0.15, -0.1) is 0 Å². The van der Waals surface area contributed by atoms with Gasteiger partial charge in [-0.25, -0.2) is 4.98 Å². The first kappa shape index (κ1) is 16.4. The van der Waals surface area contributed by atoms with Gasteiger partial charge >= 0.3 is 0 Å². The summed E-state index contributed by atoms with van der Waals surface area (Å²) in [6, 6.07) is 16.4. The molecule has 0 unspecified atom stereocenters. The van der Waals surface area contributed by atoms with Crippen LogP contribution in [-0.2, 0) is 11.3 Å². The highest BCUT2D eigenvalue weighted by atomic mass is 16.5. The molecule has 126 valence electrons. The minimum absolute atomic E-state index is 0.0597. The van der Waals surface area contributed by atoms with Crippen molar-refractivity contribution in [2.24, 2.45) is 0 Å². The molecule has 0 aliphatic rings. The van der Waals surface area contributed by atoms with E-state index in [0.717, 1.165) is 5.56 Å². The first-order valence-electron chi connectivity index (χ1n) is 7.77. The van der Waals surface area contributed by atoms with Crippen molar-refractivity contribution in [3.8, 4) is 17.4 Å². The molecule has 0 fully saturated rings. The number of hydrogen-bond donors (Lipinski definition) is 1. The third-order valence-corrected chi connectivity index (χ3v) is 3.25. The number of carbonyl (C=O) groups is 1. The van der Waals surface area contributed by atoms with Crippen LogP contribution in [0.25, 0.3) is 0 Å². The van der Waals surface area contributed by atoms with E-state index in [2.05, 4.69) is 15.3 Å². The third-order valence-electron chi connectivity index (χ3n) is 3.25. The predicted octanol–water partition coefficient (Wildman–Crippen LogP) is 2.96. The van der Waals surface area contributed by atoms with Gasteiger partial charge in [0.1, 0.15) is 11.5 Å². The van der Waals surface area contributed by atoms with Crippen molar-refractivity contribution in [2.75, 3.05) is 6.61 Å². The predicted molar refractivity (Wildman–Crippen MR) is 92.3 cm³/mol. The molecule has 0 bridgehead atoms. The Hall–Kier alpha value is -3.41. The Morgan fingerprint density at radius 3 is 2.72 bits per heavy atom. The van der Waals surface area contributed by atoms with Crippen LogP contribution < -0.4 is 14.8 Å². The summed E-state index contributed by atoms with van der Waals surface area (Å²) in [6.07, 6.45) is 4.88. The minimum Gasteiger partial charge on any atom is -0.482 e. The molecule has 2 heterocycles. The molecule has 0 aliphatic carbocycles. The highest BCUT2D eigenvalue weighted by Crippen LogP contribution is 2.19. The van der Waals surface area contributed by atoms with Gasteiger partial charge in [0.05, 0.1) is 6.20 Å². The van der Waals surface area contributed by atoms with Gasteiger partial charge in [-0.2, -0.15) is 0 Å². The Bertz CT molecular complexity index is 810. The molecular formula is C19H17N3O3. The maximum atomic E-state index is 11.9. The van der Waals surface area contributed by atoms with Gasteiger partial charge in [-0.1, -0.05) is 18.2 Å². The Kier molecular flexibility index (Phi) is 5.56. The van der Waals surface area contributed by atoms with Crippen molar-refractivity contribution in [2.45, 2.75) is 6.54 Å². The highest BCUT2D eigenvalue weighted by Gasteiger charge is 2.04. The summed E-state index contributed by atoms with van der Waals surface area (Å²) in [6.45, 7) is 0.324. The van der Waals surface area contributed by atoms with Crippen molar-refractivity contribution in [3.05, 3.63) is 78.8 Å². The van der Waals surface area contributed by atoms with Crippen LogP contribution in [0, 0.1) is 0 Å². The van der Waals surface area contributed by atoms with Gasteiger partial charge in [0.25, 0.3) is 5.91 Å². The van der Waals surface area contributed by atoms with Crippen LogP contribution in [0.15, 0.2) is 73.2 Å². The van der Waals surface area contributed by atoms with Crippen LogP contribution in [0.2, 0.25) is 0 Å². The molecule has 0 aliphatic heterocycles. The molecule has 6 nitrogen and oxygen atoms in total. The van der Waals surface area contributed by atoms with Gasteiger partial charge in [-0.3, -0.25) is 9.78 Å². The Labute approximate surface area is 145 Å². The van der Waals surface area contributed by atoms with Crippen LogP contribution in [0.5, 0.6) is 17.4 Å². The molecule has 0 saturated heterocycles. The monoisotopic (exact) mass is 335 g/mol. The van der Waals surface area contributed by atoms with Crippen LogP contribution in [0.4, 0.5) is 0 Å². The molecule has 1 amide bonds. The molecule has 3 rings (SSSR count). The van der Waals surface area contributed by atoms with Crippen molar-refractivity contribution >= 4 is 5.91 Å². The van der Waals surface area contributed by atoms with E-state index in [1.54, 1.807) is 36.8 Å². The second-order valence-electron chi connectivity index (χ2n) is 5.17. The first-order valence-corrected chi connectivity index (χ1v) is 7.77. The number of carbonyl (C=O) groups excluding carboxylic acids is 1. The molecule has 6 heteroatoms. The number of nitrogens with zero attached hydrogens (tertiary/aromatic N) is 2. The van der Waals surface area contributed by atoms with Crippen molar-refractivity contribution in [1.82, 2.24) is 15.3 Å². The fraction of sp³-hybridized carbons (Fsp3) is 0.105. The Morgan fingerprint density at radius 2 is 1.92 bits per heavy atom. The van der Waals surface area contributed by atoms with Crippen LogP contribution in [-0.4, -0.2) is 22.5 Å². The molecule has 1 N–H and O–H groups in total. The number of rotatable bonds is 7. The normalized spacial score (nSPS) is 10.1. The summed E-state index contributed by atoms with van der Waals surface area (Å²) >= 11 is 0. The lowest BCUT2D eigenvalue weighted by Gasteiger charge is -2.09. The molecule has 25 heavy (non-hydrogen) atoms. The number of hydrogen-bond acceptors (Lipinski definition) is 5. The molecule has 0 atom stereocenters. The molecule has 1 aromatic carbocycles. The third kappa shape index (κ3) is 5.31. The fourth-order valence-electron chi connectivity index (χ4n) is 2.08. The zero-order valence-corrected chi connectivity index (χ0v) is 13.5. The van der Waals surface area contributed by atoms with Crippen molar-refractivity contribution < 1.29 is 14.3 Å². The number of benzene rings is 1. The fourth-order valence-corrected chi connectivity index (χ4v) is 2.08. The second kappa shape index (κ2) is 8.44. The van der Waals surface area contributed by atoms with Gasteiger partial charge in [0.15, 0.2) is 6.61 Å². The number of nitrogens with one attached hydrogen (secondary N) is 1. The molecule has 2 aromatic heterocycles. The molecular weight excluding hydrogens is 318 g/mol. The summed E-state index contributed by atoms with van der Waals surface area (Å²) in [4.78, 5) is 19.9. The van der Waals surface area contributed by atoms with Gasteiger partial charge in [0, 0.05) is 25.0 Å². The lowest BCUT2D eigenvalue weighted by molar-refractivity contribution is -0.123. The quantitative estimate of drug-likeness (QED) is 0.718. The lowest BCUT2D eigenvalue weighted by Crippen LogP contribution is -2.28. The summed E-state index contributed by atoms with van der Waals surface area (Å²) in [5.74, 6) is 1.54. The first-order chi connectivity index (χ1) is 12.3. The van der Waals surface area contributed by atoms with E-state index in [0.29, 0.717) is 23.9 Å². The largest absolute Gasteiger partial charge is 0.482 e. The summed E-state index contributed by atoms with van der Waals surface area (Å²) in [5.41, 5.74) is 0.920. The minimum atomic E-state index is -0.208. The second-order valence-corrected chi connectivity index (χ2v) is 5.17. The number of ether oxygens (including phenoxy) is 2. The van der Waals surface area contributed by atoms with Gasteiger partial charge < -0.3 is 14.8 Å². The molecule has 3 aromatic rings. The standard InChI is InChI=1S/C19H17N3O3/c23-18(14-24-17-7-4-9-20-13-17)22-12-15-5-3-6-16(11-15)25-19-8-1-2-10-21-19/h1-11,13H,12,14H2,(H,22,23). The van der Waals surface area contributed by atoms with E-state index in [-0.39, 0.29) is 12.5 Å². The van der Waals surface area contributed by atoms with Crippen molar-refractivity contribution in [1.29, 1.82) is 0 Å². The Morgan fingerprint density at radius 1 is 1.00 bits per heavy atom. The maximum Gasteiger partial charge on any atom is 0.258 e. The average Bonchev–Trinajstić information content (AvgIpc) is 2.67. The SMILES string of the molecule is O=C(COc1cccnc1)NCc1cccc(Oc2ccccn2)c1. The zero-order chi connectivity index (χ0) is 17.3. The van der Waals surface area contributed by atoms with Crippen LogP contribution >= 0.6 is 0 Å². The van der Waals surface area contributed by atoms with Gasteiger partial charge in [0.2, 0.25) is 5.88 Å². The lowest BCUT2D eigenvalue weighted by atomic mass is 10.2. The van der Waals surface area contributed by atoms with E-state index < -0.39 is 0 Å². The van der Waals surface area contributed by atoms with Gasteiger partial charge in [-0.05, 0) is 35.9 Å². The topological polar surface area (TPSA) is 73.3 Å². The molecule has 0 spiro atoms. The average molecular weight is 335 g/mol. The summed E-state index contributed by atoms with van der Waals surface area (Å²) < 4.78 is 11.0. The van der Waals surface area contributed by atoms with E-state index >= 15 is 0 Å². The number of aromatic nitrogens is 2. The van der Waals surface area contributed by atoms with E-state index in [4.69, 9.17) is 9.47 Å². The highest BCUT2D eigenvalue weighted by molar-refractivity contribution is 5.77.